The zero-order valence-electron chi connectivity index (χ0n) is 13.0. The Morgan fingerprint density at radius 2 is 2.15 bits per heavy atom. The fraction of sp³-hybridized carbons (Fsp3) is 0.125. The van der Waals surface area contributed by atoms with Gasteiger partial charge in [0.15, 0.2) is 10.1 Å². The summed E-state index contributed by atoms with van der Waals surface area (Å²) >= 11 is 7.41. The van der Waals surface area contributed by atoms with Crippen LogP contribution in [-0.2, 0) is 11.3 Å². The minimum absolute atomic E-state index is 0.122. The average molecular weight is 402 g/mol. The van der Waals surface area contributed by atoms with E-state index in [0.717, 1.165) is 0 Å². The van der Waals surface area contributed by atoms with Gasteiger partial charge in [-0.05, 0) is 12.1 Å². The van der Waals surface area contributed by atoms with E-state index < -0.39 is 12.3 Å². The van der Waals surface area contributed by atoms with Crippen LogP contribution < -0.4 is 10.1 Å². The number of benzene rings is 1. The fourth-order valence-electron chi connectivity index (χ4n) is 2.20. The highest BCUT2D eigenvalue weighted by molar-refractivity contribution is 7.15. The molecule has 0 fully saturated rings. The van der Waals surface area contributed by atoms with Crippen LogP contribution >= 0.6 is 22.9 Å². The van der Waals surface area contributed by atoms with E-state index in [1.165, 1.54) is 41.7 Å². The summed E-state index contributed by atoms with van der Waals surface area (Å²) in [5, 5.41) is 4.59. The summed E-state index contributed by atoms with van der Waals surface area (Å²) in [6, 6.07) is 5.60. The van der Waals surface area contributed by atoms with E-state index >= 15 is 0 Å². The first-order valence-electron chi connectivity index (χ1n) is 7.24. The largest absolute Gasteiger partial charge is 0.573 e. The molecule has 0 aliphatic rings. The van der Waals surface area contributed by atoms with Gasteiger partial charge >= 0.3 is 6.36 Å². The third kappa shape index (κ3) is 4.36. The zero-order valence-corrected chi connectivity index (χ0v) is 14.5. The minimum Gasteiger partial charge on any atom is -0.405 e. The van der Waals surface area contributed by atoms with Crippen LogP contribution in [0.2, 0.25) is 5.15 Å². The summed E-state index contributed by atoms with van der Waals surface area (Å²) in [5.74, 6) is -0.851. The molecule has 0 aliphatic carbocycles. The number of halogens is 4. The number of thiazole rings is 1. The summed E-state index contributed by atoms with van der Waals surface area (Å²) in [6.07, 6.45) is -0.311. The van der Waals surface area contributed by atoms with Crippen molar-refractivity contribution in [3.8, 4) is 5.75 Å². The summed E-state index contributed by atoms with van der Waals surface area (Å²) in [7, 11) is 0. The molecule has 1 aromatic carbocycles. The van der Waals surface area contributed by atoms with Gasteiger partial charge in [0.05, 0.1) is 5.69 Å². The lowest BCUT2D eigenvalue weighted by Gasteiger charge is -2.13. The Labute approximate surface area is 154 Å². The number of para-hydroxylation sites is 1. The van der Waals surface area contributed by atoms with Gasteiger partial charge in [-0.1, -0.05) is 29.8 Å². The molecule has 0 bridgehead atoms. The maximum atomic E-state index is 12.4. The molecule has 1 amide bonds. The van der Waals surface area contributed by atoms with E-state index in [0.29, 0.717) is 10.7 Å². The van der Waals surface area contributed by atoms with Crippen LogP contribution in [0.1, 0.15) is 11.3 Å². The van der Waals surface area contributed by atoms with Gasteiger partial charge in [-0.3, -0.25) is 9.20 Å². The third-order valence-corrected chi connectivity index (χ3v) is 4.33. The molecule has 0 saturated carbocycles. The second kappa shape index (κ2) is 7.38. The smallest absolute Gasteiger partial charge is 0.405 e. The molecule has 0 unspecified atom stereocenters. The highest BCUT2D eigenvalue weighted by Gasteiger charge is 2.31. The van der Waals surface area contributed by atoms with Crippen molar-refractivity contribution in [2.75, 3.05) is 0 Å². The van der Waals surface area contributed by atoms with E-state index in [1.807, 2.05) is 5.38 Å². The van der Waals surface area contributed by atoms with Crippen LogP contribution in [0.25, 0.3) is 11.0 Å². The van der Waals surface area contributed by atoms with Gasteiger partial charge in [0.1, 0.15) is 5.75 Å². The number of ether oxygens (including phenoxy) is 1. The Morgan fingerprint density at radius 1 is 1.38 bits per heavy atom. The molecule has 10 heteroatoms. The lowest BCUT2D eigenvalue weighted by Crippen LogP contribution is -2.22. The van der Waals surface area contributed by atoms with Crippen LogP contribution in [0.5, 0.6) is 5.75 Å². The highest BCUT2D eigenvalue weighted by atomic mass is 35.5. The molecule has 1 N–H and O–H groups in total. The number of fused-ring (bicyclic) bond motifs is 1. The number of nitrogens with one attached hydrogen (secondary N) is 1. The molecule has 0 spiro atoms. The predicted molar refractivity (Wildman–Crippen MR) is 92.1 cm³/mol. The normalized spacial score (nSPS) is 12.0. The number of carbonyl (C=O) groups excluding carboxylic acids is 1. The molecule has 2 heterocycles. The number of alkyl halides is 3. The van der Waals surface area contributed by atoms with Crippen LogP contribution in [0.15, 0.2) is 41.9 Å². The first kappa shape index (κ1) is 18.3. The molecule has 5 nitrogen and oxygen atoms in total. The Morgan fingerprint density at radius 3 is 2.92 bits per heavy atom. The molecule has 26 heavy (non-hydrogen) atoms. The Balaban J connectivity index is 1.66. The number of hydrogen-bond donors (Lipinski definition) is 1. The van der Waals surface area contributed by atoms with Gasteiger partial charge < -0.3 is 10.1 Å². The van der Waals surface area contributed by atoms with Crippen molar-refractivity contribution in [1.82, 2.24) is 14.7 Å². The molecule has 0 radical (unpaired) electrons. The second-order valence-corrected chi connectivity index (χ2v) is 6.28. The van der Waals surface area contributed by atoms with Crippen molar-refractivity contribution < 1.29 is 22.7 Å². The summed E-state index contributed by atoms with van der Waals surface area (Å²) in [6.45, 7) is -0.122. The zero-order chi connectivity index (χ0) is 18.7. The summed E-state index contributed by atoms with van der Waals surface area (Å²) in [5.41, 5.74) is 0.744. The van der Waals surface area contributed by atoms with E-state index in [4.69, 9.17) is 11.6 Å². The summed E-state index contributed by atoms with van der Waals surface area (Å²) < 4.78 is 42.9. The Kier molecular flexibility index (Phi) is 5.19. The monoisotopic (exact) mass is 401 g/mol. The molecule has 0 aliphatic heterocycles. The van der Waals surface area contributed by atoms with Gasteiger partial charge in [0, 0.05) is 29.8 Å². The molecule has 0 saturated heterocycles. The van der Waals surface area contributed by atoms with Gasteiger partial charge in [-0.15, -0.1) is 24.5 Å². The molecule has 3 rings (SSSR count). The number of rotatable bonds is 5. The van der Waals surface area contributed by atoms with Gasteiger partial charge in [-0.25, -0.2) is 4.98 Å². The molecular formula is C16H11ClF3N3O2S. The maximum Gasteiger partial charge on any atom is 0.573 e. The predicted octanol–water partition coefficient (Wildman–Crippen LogP) is 4.28. The number of amides is 1. The van der Waals surface area contributed by atoms with Crippen molar-refractivity contribution in [2.45, 2.75) is 12.9 Å². The van der Waals surface area contributed by atoms with E-state index in [1.54, 1.807) is 16.7 Å². The van der Waals surface area contributed by atoms with Crippen LogP contribution in [0, 0.1) is 0 Å². The van der Waals surface area contributed by atoms with Crippen molar-refractivity contribution in [2.24, 2.45) is 0 Å². The van der Waals surface area contributed by atoms with Crippen LogP contribution in [-0.4, -0.2) is 21.7 Å². The highest BCUT2D eigenvalue weighted by Crippen LogP contribution is 2.26. The quantitative estimate of drug-likeness (QED) is 0.649. The van der Waals surface area contributed by atoms with E-state index in [9.17, 15) is 18.0 Å². The topological polar surface area (TPSA) is 55.6 Å². The maximum absolute atomic E-state index is 12.4. The Hall–Kier alpha value is -2.52. The van der Waals surface area contributed by atoms with Gasteiger partial charge in [0.2, 0.25) is 5.91 Å². The lowest BCUT2D eigenvalue weighted by molar-refractivity contribution is -0.274. The number of aromatic nitrogens is 2. The van der Waals surface area contributed by atoms with E-state index in [-0.39, 0.29) is 23.0 Å². The van der Waals surface area contributed by atoms with Crippen molar-refractivity contribution in [3.63, 3.8) is 0 Å². The third-order valence-electron chi connectivity index (χ3n) is 3.30. The van der Waals surface area contributed by atoms with Gasteiger partial charge in [0.25, 0.3) is 0 Å². The minimum atomic E-state index is -4.80. The first-order chi connectivity index (χ1) is 12.3. The number of carbonyl (C=O) groups is 1. The number of imidazole rings is 1. The van der Waals surface area contributed by atoms with Gasteiger partial charge in [-0.2, -0.15) is 0 Å². The fourth-order valence-corrected chi connectivity index (χ4v) is 3.20. The SMILES string of the molecule is O=C(/C=C/c1c(Cl)nc2sccn12)NCc1ccccc1OC(F)(F)F. The van der Waals surface area contributed by atoms with Crippen LogP contribution in [0.4, 0.5) is 13.2 Å². The standard InChI is InChI=1S/C16H11ClF3N3O2S/c17-14-11(23-7-8-26-15(23)22-14)5-6-13(24)21-9-10-3-1-2-4-12(10)25-16(18,19)20/h1-8H,9H2,(H,21,24)/b6-5+. The lowest BCUT2D eigenvalue weighted by atomic mass is 10.2. The molecule has 136 valence electrons. The molecular weight excluding hydrogens is 391 g/mol. The van der Waals surface area contributed by atoms with Crippen molar-refractivity contribution >= 4 is 39.9 Å². The average Bonchev–Trinajstić information content (AvgIpc) is 3.11. The van der Waals surface area contributed by atoms with Crippen molar-refractivity contribution in [3.05, 3.63) is 58.3 Å². The molecule has 3 aromatic rings. The van der Waals surface area contributed by atoms with Crippen molar-refractivity contribution in [1.29, 1.82) is 0 Å². The Bertz CT molecular complexity index is 965. The number of hydrogen-bond acceptors (Lipinski definition) is 4. The van der Waals surface area contributed by atoms with Crippen LogP contribution in [0.3, 0.4) is 0 Å². The molecule has 0 atom stereocenters. The molecule has 2 aromatic heterocycles. The second-order valence-electron chi connectivity index (χ2n) is 5.05. The number of nitrogens with zero attached hydrogens (tertiary/aromatic N) is 2. The summed E-state index contributed by atoms with van der Waals surface area (Å²) in [4.78, 5) is 16.8. The first-order valence-corrected chi connectivity index (χ1v) is 8.50. The van der Waals surface area contributed by atoms with E-state index in [2.05, 4.69) is 15.0 Å².